The fraction of sp³-hybridized carbons (Fsp3) is 0.286. The number of hydrogen-bond donors (Lipinski definition) is 2. The van der Waals surface area contributed by atoms with Crippen molar-refractivity contribution in [3.63, 3.8) is 0 Å². The summed E-state index contributed by atoms with van der Waals surface area (Å²) in [5, 5.41) is 17.6. The van der Waals surface area contributed by atoms with Gasteiger partial charge in [0.1, 0.15) is 7.85 Å². The molecule has 0 spiro atoms. The molecule has 2 radical (unpaired) electrons. The Kier molecular flexibility index (Phi) is 2.55. The van der Waals surface area contributed by atoms with Crippen molar-refractivity contribution < 1.29 is 23.4 Å². The second-order valence-electron chi connectivity index (χ2n) is 2.68. The molecule has 0 fully saturated rings. The number of alkyl halides is 3. The lowest BCUT2D eigenvalue weighted by atomic mass is 9.95. The SMILES string of the molecule is [B]c1cncc(C(O)(O)C(F)(F)F)c1. The molecule has 0 bridgehead atoms. The molecule has 14 heavy (non-hydrogen) atoms. The Balaban J connectivity index is 3.16. The van der Waals surface area contributed by atoms with Gasteiger partial charge in [0.2, 0.25) is 0 Å². The lowest BCUT2D eigenvalue weighted by Gasteiger charge is -2.24. The maximum absolute atomic E-state index is 12.1. The second kappa shape index (κ2) is 3.25. The summed E-state index contributed by atoms with van der Waals surface area (Å²) >= 11 is 0. The van der Waals surface area contributed by atoms with Crippen molar-refractivity contribution >= 4 is 13.3 Å². The van der Waals surface area contributed by atoms with Crippen molar-refractivity contribution in [2.75, 3.05) is 0 Å². The van der Waals surface area contributed by atoms with Crippen molar-refractivity contribution in [2.45, 2.75) is 12.0 Å². The van der Waals surface area contributed by atoms with Gasteiger partial charge in [0.15, 0.2) is 0 Å². The van der Waals surface area contributed by atoms with E-state index in [0.717, 1.165) is 12.3 Å². The molecule has 0 aliphatic carbocycles. The molecule has 0 amide bonds. The molecular formula is C7H5BF3NO2. The van der Waals surface area contributed by atoms with Crippen molar-refractivity contribution in [3.8, 4) is 0 Å². The Bertz CT molecular complexity index is 340. The smallest absolute Gasteiger partial charge is 0.355 e. The highest BCUT2D eigenvalue weighted by molar-refractivity contribution is 6.32. The first kappa shape index (κ1) is 11.0. The number of nitrogens with zero attached hydrogens (tertiary/aromatic N) is 1. The molecular weight excluding hydrogens is 198 g/mol. The van der Waals surface area contributed by atoms with E-state index in [0.29, 0.717) is 6.20 Å². The van der Waals surface area contributed by atoms with Gasteiger partial charge >= 0.3 is 6.18 Å². The molecule has 2 N–H and O–H groups in total. The van der Waals surface area contributed by atoms with Crippen LogP contribution in [0.1, 0.15) is 5.56 Å². The van der Waals surface area contributed by atoms with E-state index in [2.05, 4.69) is 4.98 Å². The van der Waals surface area contributed by atoms with Gasteiger partial charge in [-0.05, 0) is 0 Å². The minimum Gasteiger partial charge on any atom is -0.355 e. The third-order valence-corrected chi connectivity index (χ3v) is 1.56. The Morgan fingerprint density at radius 1 is 1.21 bits per heavy atom. The summed E-state index contributed by atoms with van der Waals surface area (Å²) in [6.45, 7) is 0. The predicted molar refractivity (Wildman–Crippen MR) is 41.8 cm³/mol. The summed E-state index contributed by atoms with van der Waals surface area (Å²) in [6.07, 6.45) is -3.41. The first-order valence-corrected chi connectivity index (χ1v) is 3.47. The summed E-state index contributed by atoms with van der Waals surface area (Å²) in [7, 11) is 5.15. The van der Waals surface area contributed by atoms with E-state index < -0.39 is 17.5 Å². The first-order valence-electron chi connectivity index (χ1n) is 3.47. The van der Waals surface area contributed by atoms with Crippen LogP contribution in [0.5, 0.6) is 0 Å². The second-order valence-corrected chi connectivity index (χ2v) is 2.68. The maximum atomic E-state index is 12.1. The van der Waals surface area contributed by atoms with Gasteiger partial charge in [0, 0.05) is 18.0 Å². The fourth-order valence-electron chi connectivity index (χ4n) is 0.812. The number of aromatic nitrogens is 1. The number of hydrogen-bond acceptors (Lipinski definition) is 3. The monoisotopic (exact) mass is 203 g/mol. The third kappa shape index (κ3) is 1.88. The number of halogens is 3. The van der Waals surface area contributed by atoms with Gasteiger partial charge in [-0.15, -0.1) is 0 Å². The zero-order valence-corrected chi connectivity index (χ0v) is 6.78. The summed E-state index contributed by atoms with van der Waals surface area (Å²) < 4.78 is 36.2. The number of aliphatic hydroxyl groups is 2. The van der Waals surface area contributed by atoms with Gasteiger partial charge in [-0.1, -0.05) is 11.5 Å². The van der Waals surface area contributed by atoms with Gasteiger partial charge in [-0.2, -0.15) is 13.2 Å². The van der Waals surface area contributed by atoms with E-state index in [-0.39, 0.29) is 5.46 Å². The Labute approximate surface area is 78.6 Å². The van der Waals surface area contributed by atoms with Crippen LogP contribution in [0.15, 0.2) is 18.5 Å². The standard InChI is InChI=1S/C7H5BF3NO2/c8-5-1-4(2-12-3-5)6(13,14)7(9,10)11/h1-3,13-14H. The Morgan fingerprint density at radius 3 is 2.21 bits per heavy atom. The molecule has 0 aromatic carbocycles. The molecule has 0 aliphatic rings. The lowest BCUT2D eigenvalue weighted by Crippen LogP contribution is -2.42. The van der Waals surface area contributed by atoms with Crippen LogP contribution >= 0.6 is 0 Å². The molecule has 3 nitrogen and oxygen atoms in total. The van der Waals surface area contributed by atoms with E-state index in [1.54, 1.807) is 0 Å². The fourth-order valence-corrected chi connectivity index (χ4v) is 0.812. The van der Waals surface area contributed by atoms with Crippen LogP contribution in [0, 0.1) is 0 Å². The highest BCUT2D eigenvalue weighted by atomic mass is 19.4. The highest BCUT2D eigenvalue weighted by Gasteiger charge is 2.54. The Morgan fingerprint density at radius 2 is 1.79 bits per heavy atom. The van der Waals surface area contributed by atoms with Crippen LogP contribution in [-0.2, 0) is 5.79 Å². The molecule has 0 aliphatic heterocycles. The van der Waals surface area contributed by atoms with Crippen LogP contribution < -0.4 is 5.46 Å². The van der Waals surface area contributed by atoms with Crippen molar-refractivity contribution in [1.29, 1.82) is 0 Å². The van der Waals surface area contributed by atoms with E-state index in [1.807, 2.05) is 0 Å². The van der Waals surface area contributed by atoms with Crippen LogP contribution in [0.25, 0.3) is 0 Å². The quantitative estimate of drug-likeness (QED) is 0.481. The van der Waals surface area contributed by atoms with Crippen LogP contribution in [0.4, 0.5) is 13.2 Å². The minimum atomic E-state index is -5.19. The lowest BCUT2D eigenvalue weighted by molar-refractivity contribution is -0.358. The van der Waals surface area contributed by atoms with E-state index in [4.69, 9.17) is 18.1 Å². The average Bonchev–Trinajstić information content (AvgIpc) is 2.02. The Hall–Kier alpha value is -1.08. The average molecular weight is 203 g/mol. The third-order valence-electron chi connectivity index (χ3n) is 1.56. The molecule has 1 aromatic heterocycles. The minimum absolute atomic E-state index is 0.0841. The van der Waals surface area contributed by atoms with Crippen LogP contribution in [0.2, 0.25) is 0 Å². The number of rotatable bonds is 1. The van der Waals surface area contributed by atoms with Gasteiger partial charge in [-0.3, -0.25) is 4.98 Å². The highest BCUT2D eigenvalue weighted by Crippen LogP contribution is 2.35. The van der Waals surface area contributed by atoms with E-state index in [1.165, 1.54) is 0 Å². The molecule has 0 atom stereocenters. The van der Waals surface area contributed by atoms with Gasteiger partial charge in [0.25, 0.3) is 5.79 Å². The normalized spacial score (nSPS) is 12.9. The summed E-state index contributed by atoms with van der Waals surface area (Å²) in [5.74, 6) is -3.92. The molecule has 0 unspecified atom stereocenters. The van der Waals surface area contributed by atoms with Crippen molar-refractivity contribution in [1.82, 2.24) is 4.98 Å². The summed E-state index contributed by atoms with van der Waals surface area (Å²) in [6, 6.07) is 0.792. The topological polar surface area (TPSA) is 53.4 Å². The van der Waals surface area contributed by atoms with E-state index >= 15 is 0 Å². The molecule has 0 saturated heterocycles. The summed E-state index contributed by atoms with van der Waals surface area (Å²) in [5.41, 5.74) is -0.899. The number of pyridine rings is 1. The van der Waals surface area contributed by atoms with Crippen molar-refractivity contribution in [2.24, 2.45) is 0 Å². The van der Waals surface area contributed by atoms with E-state index in [9.17, 15) is 13.2 Å². The molecule has 7 heteroatoms. The first-order chi connectivity index (χ1) is 6.25. The molecule has 1 rings (SSSR count). The molecule has 0 saturated carbocycles. The van der Waals surface area contributed by atoms with Gasteiger partial charge < -0.3 is 10.2 Å². The van der Waals surface area contributed by atoms with Gasteiger partial charge in [0.05, 0.1) is 0 Å². The van der Waals surface area contributed by atoms with Crippen molar-refractivity contribution in [3.05, 3.63) is 24.0 Å². The summed E-state index contributed by atoms with van der Waals surface area (Å²) in [4.78, 5) is 3.32. The molecule has 1 aromatic rings. The van der Waals surface area contributed by atoms with Crippen LogP contribution in [0.3, 0.4) is 0 Å². The van der Waals surface area contributed by atoms with Gasteiger partial charge in [-0.25, -0.2) is 0 Å². The zero-order valence-electron chi connectivity index (χ0n) is 6.78. The zero-order chi connectivity index (χ0) is 11.0. The molecule has 1 heterocycles. The maximum Gasteiger partial charge on any atom is 0.447 e. The molecule has 74 valence electrons. The largest absolute Gasteiger partial charge is 0.447 e. The predicted octanol–water partition coefficient (Wildman–Crippen LogP) is -0.425. The van der Waals surface area contributed by atoms with Crippen LogP contribution in [-0.4, -0.2) is 29.2 Å².